The van der Waals surface area contributed by atoms with Crippen molar-refractivity contribution in [2.45, 2.75) is 10.9 Å². The van der Waals surface area contributed by atoms with Gasteiger partial charge in [0.2, 0.25) is 0 Å². The van der Waals surface area contributed by atoms with Crippen LogP contribution in [0.5, 0.6) is 0 Å². The summed E-state index contributed by atoms with van der Waals surface area (Å²) < 4.78 is 23.3. The van der Waals surface area contributed by atoms with Gasteiger partial charge in [0, 0.05) is 25.0 Å². The highest BCUT2D eigenvalue weighted by Gasteiger charge is 2.14. The molecular formula is C14H17N3O2S. The van der Waals surface area contributed by atoms with Gasteiger partial charge in [-0.1, -0.05) is 30.3 Å². The van der Waals surface area contributed by atoms with E-state index in [0.29, 0.717) is 12.4 Å². The molecule has 0 radical (unpaired) electrons. The van der Waals surface area contributed by atoms with Crippen LogP contribution in [-0.2, 0) is 9.84 Å². The lowest BCUT2D eigenvalue weighted by Gasteiger charge is -2.15. The van der Waals surface area contributed by atoms with Gasteiger partial charge in [-0.25, -0.2) is 13.4 Å². The number of nitrogens with one attached hydrogen (secondary N) is 1. The van der Waals surface area contributed by atoms with Crippen molar-refractivity contribution in [3.8, 4) is 0 Å². The Morgan fingerprint density at radius 3 is 2.55 bits per heavy atom. The monoisotopic (exact) mass is 291 g/mol. The van der Waals surface area contributed by atoms with Crippen LogP contribution < -0.4 is 11.1 Å². The number of anilines is 1. The van der Waals surface area contributed by atoms with E-state index >= 15 is 0 Å². The van der Waals surface area contributed by atoms with Crippen LogP contribution in [0.2, 0.25) is 0 Å². The first kappa shape index (κ1) is 14.5. The SMILES string of the molecule is CS(=O)(=O)c1cccnc1NCC(N)c1ccccc1. The summed E-state index contributed by atoms with van der Waals surface area (Å²) in [5.74, 6) is 0.335. The minimum atomic E-state index is -3.31. The normalized spacial score (nSPS) is 12.9. The lowest BCUT2D eigenvalue weighted by molar-refractivity contribution is 0.601. The third-order valence-electron chi connectivity index (χ3n) is 2.89. The Bertz CT molecular complexity index is 672. The van der Waals surface area contributed by atoms with Gasteiger partial charge >= 0.3 is 0 Å². The largest absolute Gasteiger partial charge is 0.367 e. The van der Waals surface area contributed by atoms with Crippen molar-refractivity contribution in [3.63, 3.8) is 0 Å². The number of nitrogens with zero attached hydrogens (tertiary/aromatic N) is 1. The van der Waals surface area contributed by atoms with Crippen LogP contribution in [0.4, 0.5) is 5.82 Å². The average molecular weight is 291 g/mol. The summed E-state index contributed by atoms with van der Waals surface area (Å²) in [7, 11) is -3.31. The Morgan fingerprint density at radius 2 is 1.90 bits per heavy atom. The summed E-state index contributed by atoms with van der Waals surface area (Å²) in [6.45, 7) is 0.406. The minimum Gasteiger partial charge on any atom is -0.367 e. The zero-order valence-corrected chi connectivity index (χ0v) is 12.0. The predicted molar refractivity (Wildman–Crippen MR) is 79.2 cm³/mol. The second kappa shape index (κ2) is 6.02. The van der Waals surface area contributed by atoms with Gasteiger partial charge in [-0.05, 0) is 17.7 Å². The molecule has 0 saturated heterocycles. The van der Waals surface area contributed by atoms with E-state index in [2.05, 4.69) is 10.3 Å². The summed E-state index contributed by atoms with van der Waals surface area (Å²) in [6.07, 6.45) is 2.71. The number of hydrogen-bond acceptors (Lipinski definition) is 5. The van der Waals surface area contributed by atoms with Crippen LogP contribution in [-0.4, -0.2) is 26.2 Å². The lowest BCUT2D eigenvalue weighted by Crippen LogP contribution is -2.21. The van der Waals surface area contributed by atoms with Crippen molar-refractivity contribution >= 4 is 15.7 Å². The van der Waals surface area contributed by atoms with Crippen LogP contribution in [0.25, 0.3) is 0 Å². The zero-order valence-electron chi connectivity index (χ0n) is 11.2. The fourth-order valence-electron chi connectivity index (χ4n) is 1.85. The van der Waals surface area contributed by atoms with Crippen molar-refractivity contribution in [3.05, 3.63) is 54.2 Å². The minimum absolute atomic E-state index is 0.181. The number of rotatable bonds is 5. The Hall–Kier alpha value is -1.92. The average Bonchev–Trinajstić information content (AvgIpc) is 2.45. The maximum Gasteiger partial charge on any atom is 0.179 e. The van der Waals surface area contributed by atoms with Crippen molar-refractivity contribution < 1.29 is 8.42 Å². The van der Waals surface area contributed by atoms with E-state index in [9.17, 15) is 8.42 Å². The summed E-state index contributed by atoms with van der Waals surface area (Å²) in [5.41, 5.74) is 7.05. The molecule has 1 aromatic heterocycles. The number of hydrogen-bond donors (Lipinski definition) is 2. The van der Waals surface area contributed by atoms with E-state index in [-0.39, 0.29) is 10.9 Å². The third-order valence-corrected chi connectivity index (χ3v) is 4.02. The van der Waals surface area contributed by atoms with Gasteiger partial charge < -0.3 is 11.1 Å². The maximum absolute atomic E-state index is 11.7. The Labute approximate surface area is 118 Å². The molecule has 20 heavy (non-hydrogen) atoms. The summed E-state index contributed by atoms with van der Waals surface area (Å²) in [4.78, 5) is 4.25. The maximum atomic E-state index is 11.7. The summed E-state index contributed by atoms with van der Waals surface area (Å²) in [6, 6.07) is 12.5. The molecule has 0 spiro atoms. The molecule has 0 saturated carbocycles. The van der Waals surface area contributed by atoms with Crippen LogP contribution in [0.1, 0.15) is 11.6 Å². The first-order valence-corrected chi connectivity index (χ1v) is 8.07. The molecule has 2 aromatic rings. The van der Waals surface area contributed by atoms with Gasteiger partial charge in [-0.2, -0.15) is 0 Å². The Balaban J connectivity index is 2.12. The molecule has 0 amide bonds. The van der Waals surface area contributed by atoms with E-state index in [1.807, 2.05) is 30.3 Å². The molecule has 1 aromatic carbocycles. The molecular weight excluding hydrogens is 274 g/mol. The number of nitrogens with two attached hydrogens (primary N) is 1. The van der Waals surface area contributed by atoms with E-state index < -0.39 is 9.84 Å². The molecule has 1 unspecified atom stereocenters. The highest BCUT2D eigenvalue weighted by atomic mass is 32.2. The first-order valence-electron chi connectivity index (χ1n) is 6.18. The fraction of sp³-hybridized carbons (Fsp3) is 0.214. The molecule has 1 atom stereocenters. The number of benzene rings is 1. The van der Waals surface area contributed by atoms with E-state index in [1.54, 1.807) is 12.3 Å². The standard InChI is InChI=1S/C14H17N3O2S/c1-20(18,19)13-8-5-9-16-14(13)17-10-12(15)11-6-3-2-4-7-11/h2-9,12H,10,15H2,1H3,(H,16,17). The molecule has 0 fully saturated rings. The van der Waals surface area contributed by atoms with Crippen LogP contribution >= 0.6 is 0 Å². The lowest BCUT2D eigenvalue weighted by atomic mass is 10.1. The van der Waals surface area contributed by atoms with Gasteiger partial charge in [0.05, 0.1) is 0 Å². The molecule has 0 aliphatic rings. The van der Waals surface area contributed by atoms with E-state index in [1.165, 1.54) is 6.07 Å². The molecule has 1 heterocycles. The van der Waals surface area contributed by atoms with Gasteiger partial charge in [0.15, 0.2) is 9.84 Å². The highest BCUT2D eigenvalue weighted by Crippen LogP contribution is 2.18. The molecule has 0 aliphatic heterocycles. The van der Waals surface area contributed by atoms with Gasteiger partial charge in [0.1, 0.15) is 10.7 Å². The third kappa shape index (κ3) is 3.55. The quantitative estimate of drug-likeness (QED) is 0.874. The molecule has 106 valence electrons. The van der Waals surface area contributed by atoms with Gasteiger partial charge in [-0.15, -0.1) is 0 Å². The molecule has 0 bridgehead atoms. The summed E-state index contributed by atoms with van der Waals surface area (Å²) >= 11 is 0. The van der Waals surface area contributed by atoms with Crippen LogP contribution in [0, 0.1) is 0 Å². The van der Waals surface area contributed by atoms with Crippen molar-refractivity contribution in [2.24, 2.45) is 5.73 Å². The number of aromatic nitrogens is 1. The molecule has 5 nitrogen and oxygen atoms in total. The van der Waals surface area contributed by atoms with Crippen molar-refractivity contribution in [1.29, 1.82) is 0 Å². The Kier molecular flexibility index (Phi) is 4.36. The fourth-order valence-corrected chi connectivity index (χ4v) is 2.65. The Morgan fingerprint density at radius 1 is 1.20 bits per heavy atom. The van der Waals surface area contributed by atoms with E-state index in [4.69, 9.17) is 5.73 Å². The predicted octanol–water partition coefficient (Wildman–Crippen LogP) is 1.60. The molecule has 0 aliphatic carbocycles. The second-order valence-corrected chi connectivity index (χ2v) is 6.50. The van der Waals surface area contributed by atoms with Crippen LogP contribution in [0.15, 0.2) is 53.6 Å². The molecule has 3 N–H and O–H groups in total. The smallest absolute Gasteiger partial charge is 0.179 e. The van der Waals surface area contributed by atoms with Crippen LogP contribution in [0.3, 0.4) is 0 Å². The molecule has 2 rings (SSSR count). The molecule has 6 heteroatoms. The highest BCUT2D eigenvalue weighted by molar-refractivity contribution is 7.90. The van der Waals surface area contributed by atoms with E-state index in [0.717, 1.165) is 11.8 Å². The van der Waals surface area contributed by atoms with Crippen molar-refractivity contribution in [2.75, 3.05) is 18.1 Å². The number of sulfone groups is 1. The van der Waals surface area contributed by atoms with Crippen molar-refractivity contribution in [1.82, 2.24) is 4.98 Å². The summed E-state index contributed by atoms with van der Waals surface area (Å²) in [5, 5.41) is 3.00. The second-order valence-electron chi connectivity index (χ2n) is 4.52. The first-order chi connectivity index (χ1) is 9.48. The number of pyridine rings is 1. The zero-order chi connectivity index (χ0) is 14.6. The van der Waals surface area contributed by atoms with Gasteiger partial charge in [0.25, 0.3) is 0 Å². The topological polar surface area (TPSA) is 85.1 Å². The van der Waals surface area contributed by atoms with Gasteiger partial charge in [-0.3, -0.25) is 0 Å².